The quantitative estimate of drug-likeness (QED) is 0.512. The molecule has 0 amide bonds. The highest BCUT2D eigenvalue weighted by Crippen LogP contribution is 2.47. The van der Waals surface area contributed by atoms with Gasteiger partial charge in [-0.05, 0) is 37.0 Å². The zero-order valence-corrected chi connectivity index (χ0v) is 6.72. The average molecular weight is 136 g/mol. The molecule has 0 nitrogen and oxygen atoms in total. The Morgan fingerprint density at radius 3 is 2.70 bits per heavy atom. The monoisotopic (exact) mass is 136 g/mol. The first-order chi connectivity index (χ1) is 4.92. The van der Waals surface area contributed by atoms with Crippen molar-refractivity contribution in [1.82, 2.24) is 0 Å². The van der Waals surface area contributed by atoms with E-state index in [0.29, 0.717) is 0 Å². The van der Waals surface area contributed by atoms with Crippen LogP contribution in [0, 0.1) is 17.8 Å². The third kappa shape index (κ3) is 0.817. The lowest BCUT2D eigenvalue weighted by atomic mass is 9.71. The molecule has 0 spiro atoms. The number of hydrogen-bond acceptors (Lipinski definition) is 0. The van der Waals surface area contributed by atoms with Crippen molar-refractivity contribution >= 4 is 0 Å². The molecule has 0 aromatic carbocycles. The molecule has 2 rings (SSSR count). The summed E-state index contributed by atoms with van der Waals surface area (Å²) in [4.78, 5) is 0. The molecule has 0 heterocycles. The molecule has 2 aliphatic carbocycles. The summed E-state index contributed by atoms with van der Waals surface area (Å²) in [5, 5.41) is 0. The molecule has 3 atom stereocenters. The molecule has 2 aliphatic rings. The van der Waals surface area contributed by atoms with Gasteiger partial charge in [-0.25, -0.2) is 0 Å². The van der Waals surface area contributed by atoms with Gasteiger partial charge in [0.2, 0.25) is 0 Å². The van der Waals surface area contributed by atoms with Crippen LogP contribution in [-0.4, -0.2) is 0 Å². The van der Waals surface area contributed by atoms with E-state index in [4.69, 9.17) is 0 Å². The molecular formula is C10H16. The largest absolute Gasteiger partial charge is 0.0848 e. The summed E-state index contributed by atoms with van der Waals surface area (Å²) in [5.74, 6) is 3.03. The van der Waals surface area contributed by atoms with E-state index in [9.17, 15) is 0 Å². The Balaban J connectivity index is 1.93. The minimum atomic E-state index is 0.962. The van der Waals surface area contributed by atoms with Crippen LogP contribution in [0.2, 0.25) is 0 Å². The van der Waals surface area contributed by atoms with Gasteiger partial charge in [-0.3, -0.25) is 0 Å². The summed E-state index contributed by atoms with van der Waals surface area (Å²) in [5.41, 5.74) is 0. The molecule has 10 heavy (non-hydrogen) atoms. The van der Waals surface area contributed by atoms with Gasteiger partial charge in [0.25, 0.3) is 0 Å². The van der Waals surface area contributed by atoms with E-state index in [-0.39, 0.29) is 0 Å². The molecule has 0 aromatic rings. The van der Waals surface area contributed by atoms with Gasteiger partial charge in [0, 0.05) is 0 Å². The molecule has 0 aliphatic heterocycles. The van der Waals surface area contributed by atoms with Gasteiger partial charge in [-0.2, -0.15) is 0 Å². The highest BCUT2D eigenvalue weighted by molar-refractivity contribution is 5.10. The van der Waals surface area contributed by atoms with Gasteiger partial charge in [-0.1, -0.05) is 25.5 Å². The fourth-order valence-corrected chi connectivity index (χ4v) is 2.39. The Labute approximate surface area is 63.3 Å². The van der Waals surface area contributed by atoms with Crippen molar-refractivity contribution in [3.8, 4) is 0 Å². The van der Waals surface area contributed by atoms with Crippen molar-refractivity contribution in [2.24, 2.45) is 17.8 Å². The summed E-state index contributed by atoms with van der Waals surface area (Å²) in [7, 11) is 0. The van der Waals surface area contributed by atoms with E-state index in [0.717, 1.165) is 17.8 Å². The fourth-order valence-electron chi connectivity index (χ4n) is 2.39. The van der Waals surface area contributed by atoms with E-state index in [2.05, 4.69) is 19.1 Å². The van der Waals surface area contributed by atoms with Crippen LogP contribution in [0.3, 0.4) is 0 Å². The van der Waals surface area contributed by atoms with Crippen LogP contribution in [0.4, 0.5) is 0 Å². The van der Waals surface area contributed by atoms with Gasteiger partial charge < -0.3 is 0 Å². The van der Waals surface area contributed by atoms with Crippen molar-refractivity contribution < 1.29 is 0 Å². The molecule has 0 N–H and O–H groups in total. The molecule has 3 unspecified atom stereocenters. The van der Waals surface area contributed by atoms with Crippen molar-refractivity contribution in [3.63, 3.8) is 0 Å². The summed E-state index contributed by atoms with van der Waals surface area (Å²) in [6, 6.07) is 0. The number of fused-ring (bicyclic) bond motifs is 1. The Hall–Kier alpha value is -0.260. The van der Waals surface area contributed by atoms with Crippen LogP contribution in [-0.2, 0) is 0 Å². The summed E-state index contributed by atoms with van der Waals surface area (Å²) in [6.45, 7) is 2.29. The Kier molecular flexibility index (Phi) is 1.55. The first-order valence-electron chi connectivity index (χ1n) is 4.60. The van der Waals surface area contributed by atoms with E-state index in [1.54, 1.807) is 0 Å². The Morgan fingerprint density at radius 1 is 1.30 bits per heavy atom. The molecule has 0 saturated heterocycles. The van der Waals surface area contributed by atoms with Crippen LogP contribution in [0.25, 0.3) is 0 Å². The van der Waals surface area contributed by atoms with Gasteiger partial charge in [-0.15, -0.1) is 0 Å². The molecule has 0 bridgehead atoms. The minimum absolute atomic E-state index is 0.962. The molecule has 56 valence electrons. The molecule has 0 aromatic heterocycles. The number of rotatable bonds is 2. The average Bonchev–Trinajstić information content (AvgIpc) is 2.08. The number of allylic oxidation sites excluding steroid dienone is 2. The molecule has 1 saturated carbocycles. The van der Waals surface area contributed by atoms with E-state index >= 15 is 0 Å². The second-order valence-electron chi connectivity index (χ2n) is 3.74. The standard InChI is InChI=1S/C10H16/c1-2-3-8-4-5-9-6-7-10(8)9/h4-5,8-10H,2-3,6-7H2,1H3. The molecule has 0 heteroatoms. The Morgan fingerprint density at radius 2 is 2.20 bits per heavy atom. The second kappa shape index (κ2) is 2.41. The van der Waals surface area contributed by atoms with Crippen molar-refractivity contribution in [2.75, 3.05) is 0 Å². The predicted octanol–water partition coefficient (Wildman–Crippen LogP) is 3.00. The smallest absolute Gasteiger partial charge is 0.0199 e. The zero-order chi connectivity index (χ0) is 6.97. The van der Waals surface area contributed by atoms with E-state index in [1.165, 1.54) is 25.7 Å². The molecular weight excluding hydrogens is 120 g/mol. The first kappa shape index (κ1) is 6.45. The summed E-state index contributed by atoms with van der Waals surface area (Å²) >= 11 is 0. The lowest BCUT2D eigenvalue weighted by molar-refractivity contribution is 0.185. The van der Waals surface area contributed by atoms with E-state index < -0.39 is 0 Å². The highest BCUT2D eigenvalue weighted by Gasteiger charge is 2.37. The minimum Gasteiger partial charge on any atom is -0.0848 e. The van der Waals surface area contributed by atoms with Gasteiger partial charge in [0.15, 0.2) is 0 Å². The summed E-state index contributed by atoms with van der Waals surface area (Å²) in [6.07, 6.45) is 10.7. The van der Waals surface area contributed by atoms with Crippen LogP contribution in [0.5, 0.6) is 0 Å². The maximum Gasteiger partial charge on any atom is -0.0199 e. The van der Waals surface area contributed by atoms with Crippen molar-refractivity contribution in [3.05, 3.63) is 12.2 Å². The normalized spacial score (nSPS) is 43.1. The fraction of sp³-hybridized carbons (Fsp3) is 0.800. The first-order valence-corrected chi connectivity index (χ1v) is 4.60. The topological polar surface area (TPSA) is 0 Å². The number of hydrogen-bond donors (Lipinski definition) is 0. The van der Waals surface area contributed by atoms with Crippen LogP contribution >= 0.6 is 0 Å². The second-order valence-corrected chi connectivity index (χ2v) is 3.74. The van der Waals surface area contributed by atoms with Crippen molar-refractivity contribution in [1.29, 1.82) is 0 Å². The SMILES string of the molecule is CCCC1C=CC2CCC12. The lowest BCUT2D eigenvalue weighted by Gasteiger charge is -2.34. The van der Waals surface area contributed by atoms with Gasteiger partial charge in [0.1, 0.15) is 0 Å². The molecule has 1 fully saturated rings. The third-order valence-corrected chi connectivity index (χ3v) is 3.16. The Bertz CT molecular complexity index is 146. The van der Waals surface area contributed by atoms with Gasteiger partial charge in [0.05, 0.1) is 0 Å². The lowest BCUT2D eigenvalue weighted by Crippen LogP contribution is -2.25. The third-order valence-electron chi connectivity index (χ3n) is 3.16. The van der Waals surface area contributed by atoms with E-state index in [1.807, 2.05) is 0 Å². The van der Waals surface area contributed by atoms with Crippen molar-refractivity contribution in [2.45, 2.75) is 32.6 Å². The van der Waals surface area contributed by atoms with Crippen LogP contribution in [0.15, 0.2) is 12.2 Å². The van der Waals surface area contributed by atoms with Gasteiger partial charge >= 0.3 is 0 Å². The maximum atomic E-state index is 2.46. The van der Waals surface area contributed by atoms with Crippen LogP contribution < -0.4 is 0 Å². The van der Waals surface area contributed by atoms with Crippen LogP contribution in [0.1, 0.15) is 32.6 Å². The summed E-state index contributed by atoms with van der Waals surface area (Å²) < 4.78 is 0. The maximum absolute atomic E-state index is 2.46. The molecule has 0 radical (unpaired) electrons. The predicted molar refractivity (Wildman–Crippen MR) is 43.8 cm³/mol. The highest BCUT2D eigenvalue weighted by atomic mass is 14.4. The zero-order valence-electron chi connectivity index (χ0n) is 6.72.